The van der Waals surface area contributed by atoms with Crippen LogP contribution >= 0.6 is 0 Å². The van der Waals surface area contributed by atoms with Crippen molar-refractivity contribution < 1.29 is 9.59 Å². The van der Waals surface area contributed by atoms with Gasteiger partial charge >= 0.3 is 0 Å². The summed E-state index contributed by atoms with van der Waals surface area (Å²) >= 11 is 0. The number of rotatable bonds is 5. The summed E-state index contributed by atoms with van der Waals surface area (Å²) < 4.78 is 0. The second-order valence-corrected chi connectivity index (χ2v) is 4.97. The summed E-state index contributed by atoms with van der Waals surface area (Å²) in [5.41, 5.74) is 1.60. The molecule has 1 aliphatic heterocycles. The molecule has 2 rings (SSSR count). The first-order valence-electron chi connectivity index (χ1n) is 6.84. The molecule has 1 aromatic rings. The van der Waals surface area contributed by atoms with Crippen molar-refractivity contribution >= 4 is 12.2 Å². The average Bonchev–Trinajstić information content (AvgIpc) is 2.49. The minimum atomic E-state index is -0.377. The number of nitrogens with zero attached hydrogens (tertiary/aromatic N) is 1. The van der Waals surface area contributed by atoms with Crippen LogP contribution in [0.1, 0.15) is 24.8 Å². The maximum Gasteiger partial charge on any atom is 0.146 e. The van der Waals surface area contributed by atoms with Crippen molar-refractivity contribution in [2.45, 2.75) is 25.7 Å². The van der Waals surface area contributed by atoms with Crippen molar-refractivity contribution in [2.75, 3.05) is 13.1 Å². The van der Waals surface area contributed by atoms with Gasteiger partial charge in [0.05, 0.1) is 5.92 Å². The number of aldehydes is 1. The molecule has 0 bridgehead atoms. The van der Waals surface area contributed by atoms with E-state index in [1.54, 1.807) is 0 Å². The summed E-state index contributed by atoms with van der Waals surface area (Å²) in [5, 5.41) is 0. The van der Waals surface area contributed by atoms with Crippen LogP contribution in [0.4, 0.5) is 0 Å². The zero-order valence-corrected chi connectivity index (χ0v) is 11.0. The van der Waals surface area contributed by atoms with Gasteiger partial charge in [0, 0.05) is 13.1 Å². The third-order valence-corrected chi connectivity index (χ3v) is 3.62. The van der Waals surface area contributed by atoms with Crippen LogP contribution < -0.4 is 0 Å². The van der Waals surface area contributed by atoms with Gasteiger partial charge in [-0.05, 0) is 31.2 Å². The highest BCUT2D eigenvalue weighted by Crippen LogP contribution is 2.21. The Labute approximate surface area is 113 Å². The molecule has 19 heavy (non-hydrogen) atoms. The number of likely N-dealkylation sites (tertiary alicyclic amines) is 1. The standard InChI is InChI=1S/C16H19NO2/c18-12-15(11-14-7-3-1-4-8-14)16(13-19)17-9-5-2-6-10-17/h1,3-4,7-8,12,15H,2,5-6,9-11H2. The Kier molecular flexibility index (Phi) is 4.93. The highest BCUT2D eigenvalue weighted by atomic mass is 16.1. The highest BCUT2D eigenvalue weighted by molar-refractivity contribution is 5.67. The van der Waals surface area contributed by atoms with Crippen LogP contribution in [0.5, 0.6) is 0 Å². The van der Waals surface area contributed by atoms with Gasteiger partial charge in [-0.15, -0.1) is 0 Å². The maximum absolute atomic E-state index is 11.3. The van der Waals surface area contributed by atoms with E-state index in [9.17, 15) is 9.59 Å². The normalized spacial score (nSPS) is 16.5. The molecule has 1 fully saturated rings. The quantitative estimate of drug-likeness (QED) is 0.599. The third kappa shape index (κ3) is 3.55. The van der Waals surface area contributed by atoms with E-state index in [1.807, 2.05) is 41.2 Å². The second kappa shape index (κ2) is 6.91. The van der Waals surface area contributed by atoms with Crippen LogP contribution in [-0.2, 0) is 16.0 Å². The van der Waals surface area contributed by atoms with Gasteiger partial charge in [-0.1, -0.05) is 30.3 Å². The molecular formula is C16H19NO2. The molecule has 0 spiro atoms. The Morgan fingerprint density at radius 1 is 1.21 bits per heavy atom. The van der Waals surface area contributed by atoms with E-state index in [2.05, 4.69) is 0 Å². The molecule has 1 atom stereocenters. The van der Waals surface area contributed by atoms with Crippen molar-refractivity contribution in [3.8, 4) is 0 Å². The third-order valence-electron chi connectivity index (χ3n) is 3.62. The van der Waals surface area contributed by atoms with E-state index in [-0.39, 0.29) is 5.92 Å². The molecule has 3 heteroatoms. The molecule has 0 aliphatic carbocycles. The number of hydrogen-bond donors (Lipinski definition) is 0. The molecule has 1 saturated heterocycles. The number of benzene rings is 1. The van der Waals surface area contributed by atoms with E-state index in [1.165, 1.54) is 6.42 Å². The number of piperidine rings is 1. The Balaban J connectivity index is 2.10. The molecule has 100 valence electrons. The molecule has 0 aromatic heterocycles. The molecule has 0 amide bonds. The Hall–Kier alpha value is -1.86. The average molecular weight is 257 g/mol. The van der Waals surface area contributed by atoms with Crippen molar-refractivity contribution in [3.63, 3.8) is 0 Å². The lowest BCUT2D eigenvalue weighted by molar-refractivity contribution is -0.110. The molecular weight excluding hydrogens is 238 g/mol. The van der Waals surface area contributed by atoms with Crippen LogP contribution in [-0.4, -0.2) is 30.2 Å². The van der Waals surface area contributed by atoms with Crippen molar-refractivity contribution in [2.24, 2.45) is 5.92 Å². The monoisotopic (exact) mass is 257 g/mol. The summed E-state index contributed by atoms with van der Waals surface area (Å²) in [6.07, 6.45) is 4.82. The Bertz CT molecular complexity index is 457. The van der Waals surface area contributed by atoms with Gasteiger partial charge in [-0.2, -0.15) is 0 Å². The van der Waals surface area contributed by atoms with E-state index >= 15 is 0 Å². The van der Waals surface area contributed by atoms with Gasteiger partial charge in [0.1, 0.15) is 17.9 Å². The van der Waals surface area contributed by atoms with Crippen molar-refractivity contribution in [1.82, 2.24) is 4.90 Å². The zero-order valence-electron chi connectivity index (χ0n) is 11.0. The van der Waals surface area contributed by atoms with E-state index < -0.39 is 0 Å². The number of carbonyl (C=O) groups excluding carboxylic acids is 2. The van der Waals surface area contributed by atoms with Gasteiger partial charge in [0.15, 0.2) is 0 Å². The summed E-state index contributed by atoms with van der Waals surface area (Å²) in [5.74, 6) is 1.63. The summed E-state index contributed by atoms with van der Waals surface area (Å²) in [6, 6.07) is 9.80. The number of hydrogen-bond acceptors (Lipinski definition) is 3. The number of allylic oxidation sites excluding steroid dienone is 1. The predicted molar refractivity (Wildman–Crippen MR) is 74.3 cm³/mol. The largest absolute Gasteiger partial charge is 0.365 e. The second-order valence-electron chi connectivity index (χ2n) is 4.97. The van der Waals surface area contributed by atoms with Crippen LogP contribution in [0.3, 0.4) is 0 Å². The molecule has 0 saturated carbocycles. The van der Waals surface area contributed by atoms with Crippen LogP contribution in [0.15, 0.2) is 36.0 Å². The maximum atomic E-state index is 11.3. The highest BCUT2D eigenvalue weighted by Gasteiger charge is 2.22. The first-order chi connectivity index (χ1) is 9.35. The van der Waals surface area contributed by atoms with Gasteiger partial charge < -0.3 is 9.69 Å². The lowest BCUT2D eigenvalue weighted by Crippen LogP contribution is -2.34. The SMILES string of the molecule is O=C=C(C(C=O)Cc1ccccc1)N1CCCCC1. The fourth-order valence-corrected chi connectivity index (χ4v) is 2.59. The Morgan fingerprint density at radius 2 is 1.89 bits per heavy atom. The molecule has 1 aromatic carbocycles. The van der Waals surface area contributed by atoms with Crippen molar-refractivity contribution in [1.29, 1.82) is 0 Å². The molecule has 3 nitrogen and oxygen atoms in total. The fourth-order valence-electron chi connectivity index (χ4n) is 2.59. The van der Waals surface area contributed by atoms with Gasteiger partial charge in [0.2, 0.25) is 0 Å². The minimum absolute atomic E-state index is 0.377. The first-order valence-corrected chi connectivity index (χ1v) is 6.84. The topological polar surface area (TPSA) is 37.4 Å². The Morgan fingerprint density at radius 3 is 2.47 bits per heavy atom. The lowest BCUT2D eigenvalue weighted by atomic mass is 9.96. The van der Waals surface area contributed by atoms with E-state index in [0.29, 0.717) is 12.1 Å². The number of carbonyl (C=O) groups is 1. The van der Waals surface area contributed by atoms with Crippen LogP contribution in [0.25, 0.3) is 0 Å². The van der Waals surface area contributed by atoms with Gasteiger partial charge in [0.25, 0.3) is 0 Å². The van der Waals surface area contributed by atoms with Crippen LogP contribution in [0, 0.1) is 5.92 Å². The van der Waals surface area contributed by atoms with E-state index in [4.69, 9.17) is 0 Å². The fraction of sp³-hybridized carbons (Fsp3) is 0.438. The van der Waals surface area contributed by atoms with E-state index in [0.717, 1.165) is 37.8 Å². The smallest absolute Gasteiger partial charge is 0.146 e. The molecule has 1 aliphatic rings. The minimum Gasteiger partial charge on any atom is -0.365 e. The molecule has 1 unspecified atom stereocenters. The van der Waals surface area contributed by atoms with Gasteiger partial charge in [-0.25, -0.2) is 4.79 Å². The van der Waals surface area contributed by atoms with Crippen LogP contribution in [0.2, 0.25) is 0 Å². The van der Waals surface area contributed by atoms with Gasteiger partial charge in [-0.3, -0.25) is 0 Å². The first kappa shape index (κ1) is 13.6. The molecule has 0 radical (unpaired) electrons. The zero-order chi connectivity index (χ0) is 13.5. The van der Waals surface area contributed by atoms with Crippen molar-refractivity contribution in [3.05, 3.63) is 41.6 Å². The molecule has 1 heterocycles. The predicted octanol–water partition coefficient (Wildman–Crippen LogP) is 2.25. The molecule has 0 N–H and O–H groups in total. The lowest BCUT2D eigenvalue weighted by Gasteiger charge is -2.31. The summed E-state index contributed by atoms with van der Waals surface area (Å²) in [6.45, 7) is 1.73. The summed E-state index contributed by atoms with van der Waals surface area (Å²) in [7, 11) is 0. The summed E-state index contributed by atoms with van der Waals surface area (Å²) in [4.78, 5) is 24.6.